The molecule has 0 bridgehead atoms. The van der Waals surface area contributed by atoms with Crippen molar-refractivity contribution < 1.29 is 0 Å². The second kappa shape index (κ2) is 6.11. The molecule has 3 N–H and O–H groups in total. The topological polar surface area (TPSA) is 66.0 Å². The molecule has 0 radical (unpaired) electrons. The number of nitrogen functional groups attached to an aromatic ring is 1. The summed E-state index contributed by atoms with van der Waals surface area (Å²) in [6.07, 6.45) is 3.60. The molecule has 0 spiro atoms. The highest BCUT2D eigenvalue weighted by atomic mass is 15.1. The Morgan fingerprint density at radius 2 is 1.84 bits per heavy atom. The Kier molecular flexibility index (Phi) is 4.26. The summed E-state index contributed by atoms with van der Waals surface area (Å²) in [5.74, 6) is 0.118. The Morgan fingerprint density at radius 3 is 2.53 bits per heavy atom. The summed E-state index contributed by atoms with van der Waals surface area (Å²) in [4.78, 5) is 6.20. The molecule has 0 saturated heterocycles. The predicted molar refractivity (Wildman–Crippen MR) is 76.9 cm³/mol. The highest BCUT2D eigenvalue weighted by Gasteiger charge is 2.07. The zero-order valence-corrected chi connectivity index (χ0v) is 11.0. The van der Waals surface area contributed by atoms with E-state index >= 15 is 0 Å². The van der Waals surface area contributed by atoms with Crippen LogP contribution >= 0.6 is 0 Å². The van der Waals surface area contributed by atoms with Gasteiger partial charge in [-0.1, -0.05) is 24.3 Å². The molecule has 4 nitrogen and oxygen atoms in total. The van der Waals surface area contributed by atoms with Crippen LogP contribution in [0.15, 0.2) is 48.8 Å². The van der Waals surface area contributed by atoms with E-state index in [4.69, 9.17) is 11.1 Å². The number of benzene rings is 1. The molecule has 0 aliphatic heterocycles. The van der Waals surface area contributed by atoms with Crippen LogP contribution < -0.4 is 5.73 Å². The molecular weight excluding hydrogens is 236 g/mol. The summed E-state index contributed by atoms with van der Waals surface area (Å²) in [6, 6.07) is 11.8. The lowest BCUT2D eigenvalue weighted by Crippen LogP contribution is -2.21. The van der Waals surface area contributed by atoms with Gasteiger partial charge in [-0.2, -0.15) is 0 Å². The second-order valence-electron chi connectivity index (χ2n) is 4.60. The summed E-state index contributed by atoms with van der Waals surface area (Å²) in [7, 11) is 2.05. The van der Waals surface area contributed by atoms with Gasteiger partial charge in [-0.25, -0.2) is 0 Å². The fourth-order valence-electron chi connectivity index (χ4n) is 2.07. The van der Waals surface area contributed by atoms with E-state index in [1.807, 2.05) is 36.4 Å². The summed E-state index contributed by atoms with van der Waals surface area (Å²) < 4.78 is 0. The van der Waals surface area contributed by atoms with E-state index in [2.05, 4.69) is 16.9 Å². The van der Waals surface area contributed by atoms with Gasteiger partial charge in [0.2, 0.25) is 0 Å². The lowest BCUT2D eigenvalue weighted by molar-refractivity contribution is 0.319. The van der Waals surface area contributed by atoms with Crippen LogP contribution in [0.4, 0.5) is 0 Å². The van der Waals surface area contributed by atoms with E-state index in [1.54, 1.807) is 12.4 Å². The molecule has 0 saturated carbocycles. The van der Waals surface area contributed by atoms with E-state index in [1.165, 1.54) is 5.56 Å². The minimum Gasteiger partial charge on any atom is -0.384 e. The largest absolute Gasteiger partial charge is 0.384 e. The molecule has 0 atom stereocenters. The van der Waals surface area contributed by atoms with Crippen LogP contribution in [0.5, 0.6) is 0 Å². The van der Waals surface area contributed by atoms with Crippen LogP contribution in [-0.2, 0) is 13.1 Å². The molecule has 98 valence electrons. The number of amidine groups is 1. The lowest BCUT2D eigenvalue weighted by atomic mass is 10.1. The molecule has 1 heterocycles. The van der Waals surface area contributed by atoms with Crippen molar-refractivity contribution in [3.63, 3.8) is 0 Å². The van der Waals surface area contributed by atoms with E-state index < -0.39 is 0 Å². The van der Waals surface area contributed by atoms with E-state index in [0.717, 1.165) is 24.2 Å². The Labute approximate surface area is 113 Å². The SMILES string of the molecule is CN(Cc1ccncc1)Cc1ccccc1C(=N)N. The summed E-state index contributed by atoms with van der Waals surface area (Å²) in [5.41, 5.74) is 8.70. The maximum Gasteiger partial charge on any atom is 0.123 e. The number of nitrogens with zero attached hydrogens (tertiary/aromatic N) is 2. The first-order valence-corrected chi connectivity index (χ1v) is 6.16. The molecule has 0 fully saturated rings. The second-order valence-corrected chi connectivity index (χ2v) is 4.60. The van der Waals surface area contributed by atoms with Gasteiger partial charge in [-0.3, -0.25) is 15.3 Å². The minimum atomic E-state index is 0.118. The van der Waals surface area contributed by atoms with Crippen LogP contribution in [0.3, 0.4) is 0 Å². The van der Waals surface area contributed by atoms with Gasteiger partial charge in [0, 0.05) is 31.0 Å². The lowest BCUT2D eigenvalue weighted by Gasteiger charge is -2.18. The van der Waals surface area contributed by atoms with Crippen LogP contribution in [0, 0.1) is 5.41 Å². The number of nitrogens with one attached hydrogen (secondary N) is 1. The van der Waals surface area contributed by atoms with Crippen molar-refractivity contribution >= 4 is 5.84 Å². The number of pyridine rings is 1. The Balaban J connectivity index is 2.07. The first-order chi connectivity index (χ1) is 9.16. The van der Waals surface area contributed by atoms with Crippen molar-refractivity contribution in [1.29, 1.82) is 5.41 Å². The van der Waals surface area contributed by atoms with Gasteiger partial charge in [0.25, 0.3) is 0 Å². The molecular formula is C15H18N4. The average Bonchev–Trinajstić information content (AvgIpc) is 2.40. The third-order valence-electron chi connectivity index (χ3n) is 2.95. The first-order valence-electron chi connectivity index (χ1n) is 6.16. The van der Waals surface area contributed by atoms with Crippen molar-refractivity contribution in [2.45, 2.75) is 13.1 Å². The maximum absolute atomic E-state index is 7.59. The van der Waals surface area contributed by atoms with Crippen molar-refractivity contribution in [2.24, 2.45) is 5.73 Å². The first kappa shape index (κ1) is 13.2. The smallest absolute Gasteiger partial charge is 0.123 e. The van der Waals surface area contributed by atoms with Gasteiger partial charge < -0.3 is 5.73 Å². The standard InChI is InChI=1S/C15H18N4/c1-19(10-12-6-8-18-9-7-12)11-13-4-2-3-5-14(13)15(16)17/h2-9H,10-11H2,1H3,(H3,16,17). The quantitative estimate of drug-likeness (QED) is 0.633. The molecule has 2 aromatic rings. The number of hydrogen-bond acceptors (Lipinski definition) is 3. The molecule has 0 aliphatic carbocycles. The molecule has 1 aromatic heterocycles. The molecule has 4 heteroatoms. The number of aromatic nitrogens is 1. The Hall–Kier alpha value is -2.20. The third kappa shape index (κ3) is 3.63. The van der Waals surface area contributed by atoms with Gasteiger partial charge in [0.1, 0.15) is 5.84 Å². The van der Waals surface area contributed by atoms with Crippen molar-refractivity contribution in [1.82, 2.24) is 9.88 Å². The molecule has 19 heavy (non-hydrogen) atoms. The molecule has 1 aromatic carbocycles. The zero-order valence-electron chi connectivity index (χ0n) is 11.0. The zero-order chi connectivity index (χ0) is 13.7. The highest BCUT2D eigenvalue weighted by molar-refractivity contribution is 5.96. The molecule has 0 aliphatic rings. The normalized spacial score (nSPS) is 10.6. The number of hydrogen-bond donors (Lipinski definition) is 2. The van der Waals surface area contributed by atoms with Gasteiger partial charge in [-0.15, -0.1) is 0 Å². The van der Waals surface area contributed by atoms with Crippen molar-refractivity contribution in [3.05, 3.63) is 65.5 Å². The maximum atomic E-state index is 7.59. The van der Waals surface area contributed by atoms with Gasteiger partial charge in [0.05, 0.1) is 0 Å². The summed E-state index contributed by atoms with van der Waals surface area (Å²) in [6.45, 7) is 1.60. The summed E-state index contributed by atoms with van der Waals surface area (Å²) in [5, 5.41) is 7.59. The number of rotatable bonds is 5. The van der Waals surface area contributed by atoms with Crippen LogP contribution in [0.2, 0.25) is 0 Å². The average molecular weight is 254 g/mol. The van der Waals surface area contributed by atoms with Gasteiger partial charge in [-0.05, 0) is 30.3 Å². The van der Waals surface area contributed by atoms with Crippen LogP contribution in [0.25, 0.3) is 0 Å². The number of nitrogens with two attached hydrogens (primary N) is 1. The summed E-state index contributed by atoms with van der Waals surface area (Å²) >= 11 is 0. The fourth-order valence-corrected chi connectivity index (χ4v) is 2.07. The van der Waals surface area contributed by atoms with E-state index in [0.29, 0.717) is 0 Å². The van der Waals surface area contributed by atoms with Crippen LogP contribution in [0.1, 0.15) is 16.7 Å². The minimum absolute atomic E-state index is 0.118. The predicted octanol–water partition coefficient (Wildman–Crippen LogP) is 2.00. The van der Waals surface area contributed by atoms with Crippen molar-refractivity contribution in [2.75, 3.05) is 7.05 Å². The van der Waals surface area contributed by atoms with E-state index in [9.17, 15) is 0 Å². The molecule has 2 rings (SSSR count). The van der Waals surface area contributed by atoms with E-state index in [-0.39, 0.29) is 5.84 Å². The van der Waals surface area contributed by atoms with Gasteiger partial charge in [0.15, 0.2) is 0 Å². The Bertz CT molecular complexity index is 551. The monoisotopic (exact) mass is 254 g/mol. The van der Waals surface area contributed by atoms with Crippen molar-refractivity contribution in [3.8, 4) is 0 Å². The fraction of sp³-hybridized carbons (Fsp3) is 0.200. The highest BCUT2D eigenvalue weighted by Crippen LogP contribution is 2.12. The third-order valence-corrected chi connectivity index (χ3v) is 2.95. The van der Waals surface area contributed by atoms with Crippen LogP contribution in [-0.4, -0.2) is 22.8 Å². The molecule has 0 amide bonds. The molecule has 0 unspecified atom stereocenters. The Morgan fingerprint density at radius 1 is 1.16 bits per heavy atom. The van der Waals surface area contributed by atoms with Gasteiger partial charge >= 0.3 is 0 Å².